The van der Waals surface area contributed by atoms with E-state index in [1.807, 2.05) is 43.3 Å². The first kappa shape index (κ1) is 37.9. The summed E-state index contributed by atoms with van der Waals surface area (Å²) in [6.45, 7) is 16.8. The van der Waals surface area contributed by atoms with Crippen molar-refractivity contribution < 1.29 is 9.53 Å². The Kier molecular flexibility index (Phi) is 11.2. The summed E-state index contributed by atoms with van der Waals surface area (Å²) in [5, 5.41) is 17.2. The number of hydrogen-bond acceptors (Lipinski definition) is 9. The van der Waals surface area contributed by atoms with Crippen molar-refractivity contribution in [2.24, 2.45) is 5.84 Å². The molecule has 0 bridgehead atoms. The van der Waals surface area contributed by atoms with E-state index in [1.54, 1.807) is 28.9 Å². The first-order valence-electron chi connectivity index (χ1n) is 18.5. The number of nitrogens with zero attached hydrogens (tertiary/aromatic N) is 7. The fourth-order valence-electron chi connectivity index (χ4n) is 6.39. The van der Waals surface area contributed by atoms with Gasteiger partial charge >= 0.3 is 0 Å². The quantitative estimate of drug-likeness (QED) is 0.0681. The second-order valence-corrected chi connectivity index (χ2v) is 15.8. The van der Waals surface area contributed by atoms with Gasteiger partial charge in [0.2, 0.25) is 5.16 Å². The van der Waals surface area contributed by atoms with Gasteiger partial charge in [-0.15, -0.1) is 5.10 Å². The predicted molar refractivity (Wildman–Crippen MR) is 211 cm³/mol. The smallest absolute Gasteiger partial charge is 0.287 e. The van der Waals surface area contributed by atoms with E-state index in [9.17, 15) is 9.59 Å². The lowest BCUT2D eigenvalue weighted by atomic mass is 9.76. The number of hydrazine groups is 1. The molecule has 0 saturated carbocycles. The number of hydrogen-bond donors (Lipinski definition) is 2. The highest BCUT2D eigenvalue weighted by atomic mass is 32.2. The molecule has 3 N–H and O–H groups in total. The van der Waals surface area contributed by atoms with Crippen molar-refractivity contribution >= 4 is 29.2 Å². The molecule has 53 heavy (non-hydrogen) atoms. The third-order valence-electron chi connectivity index (χ3n) is 10.7. The number of tetrazole rings is 1. The van der Waals surface area contributed by atoms with Crippen molar-refractivity contribution in [3.05, 3.63) is 94.3 Å². The van der Waals surface area contributed by atoms with E-state index in [4.69, 9.17) is 10.6 Å². The molecule has 2 aromatic heterocycles. The van der Waals surface area contributed by atoms with Gasteiger partial charge in [-0.05, 0) is 113 Å². The van der Waals surface area contributed by atoms with Crippen LogP contribution in [-0.2, 0) is 15.6 Å². The summed E-state index contributed by atoms with van der Waals surface area (Å²) in [6.07, 6.45) is 3.63. The zero-order valence-corrected chi connectivity index (χ0v) is 32.6. The van der Waals surface area contributed by atoms with Gasteiger partial charge in [-0.1, -0.05) is 78.8 Å². The van der Waals surface area contributed by atoms with Crippen molar-refractivity contribution in [1.29, 1.82) is 0 Å². The first-order valence-corrected chi connectivity index (χ1v) is 19.3. The van der Waals surface area contributed by atoms with Crippen molar-refractivity contribution in [2.45, 2.75) is 108 Å². The molecule has 1 aliphatic rings. The third-order valence-corrected chi connectivity index (χ3v) is 11.7. The van der Waals surface area contributed by atoms with Crippen molar-refractivity contribution in [1.82, 2.24) is 30.0 Å². The Morgan fingerprint density at radius 2 is 1.62 bits per heavy atom. The van der Waals surface area contributed by atoms with Gasteiger partial charge < -0.3 is 9.64 Å². The van der Waals surface area contributed by atoms with E-state index >= 15 is 0 Å². The second kappa shape index (κ2) is 15.6. The summed E-state index contributed by atoms with van der Waals surface area (Å²) in [4.78, 5) is 30.6. The predicted octanol–water partition coefficient (Wildman–Crippen LogP) is 7.33. The number of benzene rings is 3. The van der Waals surface area contributed by atoms with Crippen LogP contribution in [0.25, 0.3) is 11.4 Å². The molecule has 0 radical (unpaired) electrons. The number of carbonyl (C=O) groups excluding carboxylic acids is 1. The average molecular weight is 738 g/mol. The summed E-state index contributed by atoms with van der Waals surface area (Å²) in [5.74, 6) is 7.54. The number of nitrogens with two attached hydrogens (primary N) is 1. The number of aromatic nitrogens is 6. The minimum absolute atomic E-state index is 0.0134. The fraction of sp³-hybridized carbons (Fsp3) is 0.425. The molecule has 0 aliphatic carbocycles. The Morgan fingerprint density at radius 1 is 0.943 bits per heavy atom. The molecule has 1 saturated heterocycles. The first-order chi connectivity index (χ1) is 25.4. The molecule has 5 aromatic rings. The number of anilines is 2. The molecular weight excluding hydrogens is 687 g/mol. The number of H-pyrrole nitrogens is 1. The van der Waals surface area contributed by atoms with E-state index < -0.39 is 6.10 Å². The monoisotopic (exact) mass is 737 g/mol. The van der Waals surface area contributed by atoms with Gasteiger partial charge in [0.1, 0.15) is 16.5 Å². The van der Waals surface area contributed by atoms with Crippen LogP contribution in [0.5, 0.6) is 5.75 Å². The topological polar surface area (TPSA) is 140 Å². The number of para-hydroxylation sites is 1. The van der Waals surface area contributed by atoms with Gasteiger partial charge in [-0.2, -0.15) is 4.68 Å². The lowest BCUT2D eigenvalue weighted by Crippen LogP contribution is -2.46. The Balaban J connectivity index is 1.25. The van der Waals surface area contributed by atoms with Crippen LogP contribution in [0.15, 0.2) is 87.6 Å². The lowest BCUT2D eigenvalue weighted by Gasteiger charge is -2.32. The van der Waals surface area contributed by atoms with E-state index in [2.05, 4.69) is 79.2 Å². The molecule has 12 nitrogen and oxygen atoms in total. The van der Waals surface area contributed by atoms with Crippen LogP contribution in [0.1, 0.15) is 91.7 Å². The Bertz CT molecular complexity index is 2080. The van der Waals surface area contributed by atoms with Crippen LogP contribution in [0.2, 0.25) is 0 Å². The van der Waals surface area contributed by atoms with Gasteiger partial charge in [0.25, 0.3) is 11.5 Å². The molecule has 1 atom stereocenters. The van der Waals surface area contributed by atoms with E-state index in [1.165, 1.54) is 22.0 Å². The Hall–Kier alpha value is -4.88. The van der Waals surface area contributed by atoms with Gasteiger partial charge in [0.15, 0.2) is 6.10 Å². The Labute approximate surface area is 315 Å². The normalized spacial score (nSPS) is 14.1. The highest BCUT2D eigenvalue weighted by molar-refractivity contribution is 7.99. The average Bonchev–Trinajstić information content (AvgIpc) is 3.95. The zero-order chi connectivity index (χ0) is 37.9. The molecule has 1 amide bonds. The van der Waals surface area contributed by atoms with Crippen molar-refractivity contribution in [3.8, 4) is 17.1 Å². The van der Waals surface area contributed by atoms with Crippen LogP contribution < -0.4 is 26.0 Å². The maximum absolute atomic E-state index is 14.1. The molecular formula is C40H51N9O3S. The van der Waals surface area contributed by atoms with Crippen LogP contribution in [0.3, 0.4) is 0 Å². The number of amides is 1. The molecule has 1 fully saturated rings. The van der Waals surface area contributed by atoms with Gasteiger partial charge in [0.05, 0.1) is 17.1 Å². The van der Waals surface area contributed by atoms with Crippen molar-refractivity contribution in [3.63, 3.8) is 0 Å². The van der Waals surface area contributed by atoms with Gasteiger partial charge in [0, 0.05) is 18.7 Å². The number of carbonyl (C=O) groups is 1. The van der Waals surface area contributed by atoms with Crippen LogP contribution >= 0.6 is 11.8 Å². The highest BCUT2D eigenvalue weighted by Crippen LogP contribution is 2.39. The van der Waals surface area contributed by atoms with Crippen molar-refractivity contribution in [2.75, 3.05) is 23.0 Å². The molecule has 3 aromatic carbocycles. The van der Waals surface area contributed by atoms with Gasteiger partial charge in [-0.25, -0.2) is 15.5 Å². The third kappa shape index (κ3) is 7.77. The molecule has 280 valence electrons. The summed E-state index contributed by atoms with van der Waals surface area (Å²) >= 11 is 1.23. The number of aromatic amines is 1. The van der Waals surface area contributed by atoms with Crippen LogP contribution in [0, 0.1) is 0 Å². The largest absolute Gasteiger partial charge is 0.480 e. The summed E-state index contributed by atoms with van der Waals surface area (Å²) in [7, 11) is 0. The minimum atomic E-state index is -0.794. The molecule has 1 aliphatic heterocycles. The molecule has 0 spiro atoms. The molecule has 6 rings (SSSR count). The highest BCUT2D eigenvalue weighted by Gasteiger charge is 2.31. The molecule has 1 unspecified atom stereocenters. The van der Waals surface area contributed by atoms with Crippen LogP contribution in [0.4, 0.5) is 11.5 Å². The number of nitrogens with one attached hydrogen (secondary N) is 1. The Morgan fingerprint density at radius 3 is 2.26 bits per heavy atom. The van der Waals surface area contributed by atoms with E-state index in [0.717, 1.165) is 60.9 Å². The van der Waals surface area contributed by atoms with Crippen LogP contribution in [-0.4, -0.2) is 55.1 Å². The summed E-state index contributed by atoms with van der Waals surface area (Å²) in [5.41, 5.74) is 3.82. The fourth-order valence-corrected chi connectivity index (χ4v) is 7.33. The minimum Gasteiger partial charge on any atom is -0.480 e. The number of ether oxygens (including phenoxy) is 1. The summed E-state index contributed by atoms with van der Waals surface area (Å²) < 4.78 is 9.63. The standard InChI is InChI=1S/C40H51N9O3S/c1-8-32(52-33-23-18-27(39(4,5)9-2)26-31(33)40(6,7)10-3)36(50)47(41)28-19-21-30(22-20-28)48-37(51)34(35(43-48)46-24-14-15-25-46)53-38-42-44-45-49(38)29-16-12-11-13-17-29/h11-13,16-23,26,32,43H,8-10,14-15,24-25,41H2,1-7H3. The number of rotatable bonds is 14. The second-order valence-electron chi connectivity index (χ2n) is 14.9. The summed E-state index contributed by atoms with van der Waals surface area (Å²) in [6, 6.07) is 22.9. The lowest BCUT2D eigenvalue weighted by molar-refractivity contribution is -0.125. The molecule has 3 heterocycles. The maximum Gasteiger partial charge on any atom is 0.287 e. The molecule has 13 heteroatoms. The zero-order valence-electron chi connectivity index (χ0n) is 31.8. The maximum atomic E-state index is 14.1. The van der Waals surface area contributed by atoms with E-state index in [0.29, 0.717) is 33.6 Å². The SMILES string of the molecule is CCC(Oc1ccc(C(C)(C)CC)cc1C(C)(C)CC)C(=O)N(N)c1ccc(-n2[nH]c(N3CCCC3)c(Sc3nnnn3-c3ccccc3)c2=O)cc1. The van der Waals surface area contributed by atoms with E-state index in [-0.39, 0.29) is 22.3 Å². The van der Waals surface area contributed by atoms with Gasteiger partial charge in [-0.3, -0.25) is 14.7 Å².